The van der Waals surface area contributed by atoms with Gasteiger partial charge >= 0.3 is 5.97 Å². The summed E-state index contributed by atoms with van der Waals surface area (Å²) >= 11 is 0. The summed E-state index contributed by atoms with van der Waals surface area (Å²) in [5.74, 6) is -0.252. The number of carbonyl (C=O) groups is 2. The molecule has 1 heterocycles. The normalized spacial score (nSPS) is 11.6. The van der Waals surface area contributed by atoms with E-state index in [4.69, 9.17) is 9.47 Å². The van der Waals surface area contributed by atoms with Crippen molar-refractivity contribution in [3.63, 3.8) is 0 Å². The number of methoxy groups -OCH3 is 1. The molecule has 0 spiro atoms. The van der Waals surface area contributed by atoms with Crippen LogP contribution in [0, 0.1) is 0 Å². The van der Waals surface area contributed by atoms with E-state index in [0.717, 1.165) is 0 Å². The van der Waals surface area contributed by atoms with Crippen molar-refractivity contribution in [2.24, 2.45) is 0 Å². The van der Waals surface area contributed by atoms with Crippen LogP contribution in [0.4, 0.5) is 0 Å². The summed E-state index contributed by atoms with van der Waals surface area (Å²) in [5, 5.41) is 10.9. The van der Waals surface area contributed by atoms with Crippen LogP contribution in [0.3, 0.4) is 0 Å². The largest absolute Gasteiger partial charge is 0.497 e. The number of nitrogens with zero attached hydrogens (tertiary/aromatic N) is 4. The molecule has 0 aliphatic carbocycles. The molecule has 0 bridgehead atoms. The fourth-order valence-electron chi connectivity index (χ4n) is 2.33. The predicted molar refractivity (Wildman–Crippen MR) is 91.4 cm³/mol. The minimum Gasteiger partial charge on any atom is -0.497 e. The van der Waals surface area contributed by atoms with Gasteiger partial charge in [-0.15, -0.1) is 5.10 Å². The van der Waals surface area contributed by atoms with E-state index in [-0.39, 0.29) is 5.78 Å². The number of tetrazole rings is 1. The molecule has 0 N–H and O–H groups in total. The molecular formula is C18H16N4O4. The van der Waals surface area contributed by atoms with E-state index >= 15 is 0 Å². The van der Waals surface area contributed by atoms with Crippen LogP contribution in [-0.2, 0) is 4.74 Å². The second-order valence-corrected chi connectivity index (χ2v) is 5.45. The molecule has 0 radical (unpaired) electrons. The average molecular weight is 352 g/mol. The smallest absolute Gasteiger partial charge is 0.338 e. The number of carbonyl (C=O) groups excluding carboxylic acids is 2. The van der Waals surface area contributed by atoms with Crippen LogP contribution in [0.2, 0.25) is 0 Å². The maximum Gasteiger partial charge on any atom is 0.338 e. The second-order valence-electron chi connectivity index (χ2n) is 5.45. The highest BCUT2D eigenvalue weighted by Crippen LogP contribution is 2.15. The number of rotatable bonds is 6. The fraction of sp³-hybridized carbons (Fsp3) is 0.167. The second kappa shape index (κ2) is 7.56. The number of hydrogen-bond donors (Lipinski definition) is 0. The zero-order valence-corrected chi connectivity index (χ0v) is 14.2. The molecule has 2 aromatic carbocycles. The SMILES string of the molecule is COc1ccc(C(=O)C(C)OC(=O)c2cccc(-n3cnnn3)c2)cc1. The summed E-state index contributed by atoms with van der Waals surface area (Å²) in [6.07, 6.45) is 0.493. The van der Waals surface area contributed by atoms with Crippen molar-refractivity contribution in [3.05, 3.63) is 66.0 Å². The molecular weight excluding hydrogens is 336 g/mol. The van der Waals surface area contributed by atoms with E-state index < -0.39 is 12.1 Å². The Bertz CT molecular complexity index is 907. The third kappa shape index (κ3) is 3.75. The number of hydrogen-bond acceptors (Lipinski definition) is 7. The van der Waals surface area contributed by atoms with Gasteiger partial charge < -0.3 is 9.47 Å². The molecule has 1 unspecified atom stereocenters. The van der Waals surface area contributed by atoms with Gasteiger partial charge in [0.05, 0.1) is 18.4 Å². The van der Waals surface area contributed by atoms with Crippen LogP contribution >= 0.6 is 0 Å². The molecule has 132 valence electrons. The van der Waals surface area contributed by atoms with Crippen molar-refractivity contribution in [3.8, 4) is 11.4 Å². The third-order valence-electron chi connectivity index (χ3n) is 3.72. The molecule has 0 aliphatic heterocycles. The first-order valence-electron chi connectivity index (χ1n) is 7.81. The van der Waals surface area contributed by atoms with Gasteiger partial charge in [0.2, 0.25) is 5.78 Å². The number of ether oxygens (including phenoxy) is 2. The van der Waals surface area contributed by atoms with Crippen LogP contribution in [0.5, 0.6) is 5.75 Å². The lowest BCUT2D eigenvalue weighted by atomic mass is 10.1. The van der Waals surface area contributed by atoms with E-state index in [0.29, 0.717) is 22.6 Å². The zero-order valence-electron chi connectivity index (χ0n) is 14.2. The molecule has 0 saturated carbocycles. The van der Waals surface area contributed by atoms with Gasteiger partial charge in [-0.1, -0.05) is 6.07 Å². The van der Waals surface area contributed by atoms with Gasteiger partial charge in [-0.3, -0.25) is 4.79 Å². The molecule has 0 aliphatic rings. The van der Waals surface area contributed by atoms with E-state index in [1.54, 1.807) is 55.6 Å². The lowest BCUT2D eigenvalue weighted by molar-refractivity contribution is 0.0319. The van der Waals surface area contributed by atoms with Gasteiger partial charge in [0, 0.05) is 5.56 Å². The Morgan fingerprint density at radius 1 is 1.08 bits per heavy atom. The van der Waals surface area contributed by atoms with Gasteiger partial charge in [-0.25, -0.2) is 9.48 Å². The maximum atomic E-state index is 12.4. The zero-order chi connectivity index (χ0) is 18.5. The van der Waals surface area contributed by atoms with E-state index in [9.17, 15) is 9.59 Å². The maximum absolute atomic E-state index is 12.4. The summed E-state index contributed by atoms with van der Waals surface area (Å²) in [5.41, 5.74) is 1.35. The highest BCUT2D eigenvalue weighted by Gasteiger charge is 2.20. The third-order valence-corrected chi connectivity index (χ3v) is 3.72. The average Bonchev–Trinajstić information content (AvgIpc) is 3.22. The number of ketones is 1. The Balaban J connectivity index is 1.70. The quantitative estimate of drug-likeness (QED) is 0.495. The first-order chi connectivity index (χ1) is 12.6. The number of benzene rings is 2. The standard InChI is InChI=1S/C18H16N4O4/c1-12(17(23)13-6-8-16(25-2)9-7-13)26-18(24)14-4-3-5-15(10-14)22-11-19-20-21-22/h3-12H,1-2H3. The molecule has 8 nitrogen and oxygen atoms in total. The highest BCUT2D eigenvalue weighted by molar-refractivity contribution is 6.01. The number of aromatic nitrogens is 4. The Morgan fingerprint density at radius 3 is 2.50 bits per heavy atom. The van der Waals surface area contributed by atoms with Gasteiger partial charge in [-0.2, -0.15) is 0 Å². The Kier molecular flexibility index (Phi) is 5.02. The molecule has 0 saturated heterocycles. The summed E-state index contributed by atoms with van der Waals surface area (Å²) in [6.45, 7) is 1.54. The first-order valence-corrected chi connectivity index (χ1v) is 7.81. The molecule has 0 amide bonds. The summed E-state index contributed by atoms with van der Waals surface area (Å²) in [7, 11) is 1.55. The summed E-state index contributed by atoms with van der Waals surface area (Å²) < 4.78 is 11.8. The Hall–Kier alpha value is -3.55. The van der Waals surface area contributed by atoms with Crippen LogP contribution in [-0.4, -0.2) is 45.2 Å². The van der Waals surface area contributed by atoms with E-state index in [1.165, 1.54) is 17.9 Å². The van der Waals surface area contributed by atoms with Crippen LogP contribution < -0.4 is 4.74 Å². The molecule has 8 heteroatoms. The molecule has 0 fully saturated rings. The van der Waals surface area contributed by atoms with E-state index in [1.807, 2.05) is 0 Å². The van der Waals surface area contributed by atoms with Crippen molar-refractivity contribution in [2.75, 3.05) is 7.11 Å². The van der Waals surface area contributed by atoms with Crippen molar-refractivity contribution in [2.45, 2.75) is 13.0 Å². The van der Waals surface area contributed by atoms with Crippen LogP contribution in [0.15, 0.2) is 54.9 Å². The minimum absolute atomic E-state index is 0.294. The molecule has 26 heavy (non-hydrogen) atoms. The molecule has 1 aromatic heterocycles. The van der Waals surface area contributed by atoms with Gasteiger partial charge in [0.1, 0.15) is 12.1 Å². The van der Waals surface area contributed by atoms with Gasteiger partial charge in [0.25, 0.3) is 0 Å². The van der Waals surface area contributed by atoms with Gasteiger partial charge in [-0.05, 0) is 59.8 Å². The van der Waals surface area contributed by atoms with Crippen molar-refractivity contribution in [1.29, 1.82) is 0 Å². The van der Waals surface area contributed by atoms with Gasteiger partial charge in [0.15, 0.2) is 6.10 Å². The van der Waals surface area contributed by atoms with Crippen molar-refractivity contribution >= 4 is 11.8 Å². The lowest BCUT2D eigenvalue weighted by Gasteiger charge is -2.13. The van der Waals surface area contributed by atoms with Crippen LogP contribution in [0.25, 0.3) is 5.69 Å². The molecule has 1 atom stereocenters. The summed E-state index contributed by atoms with van der Waals surface area (Å²) in [6, 6.07) is 13.2. The monoisotopic (exact) mass is 352 g/mol. The minimum atomic E-state index is -0.924. The molecule has 3 aromatic rings. The number of Topliss-reactive ketones (excluding diaryl/α,β-unsaturated/α-hetero) is 1. The van der Waals surface area contributed by atoms with E-state index in [2.05, 4.69) is 15.5 Å². The van der Waals surface area contributed by atoms with Crippen molar-refractivity contribution in [1.82, 2.24) is 20.2 Å². The highest BCUT2D eigenvalue weighted by atomic mass is 16.5. The fourth-order valence-corrected chi connectivity index (χ4v) is 2.33. The Labute approximate surface area is 149 Å². The topological polar surface area (TPSA) is 96.2 Å². The number of esters is 1. The summed E-state index contributed by atoms with van der Waals surface area (Å²) in [4.78, 5) is 24.8. The lowest BCUT2D eigenvalue weighted by Crippen LogP contribution is -2.24. The Morgan fingerprint density at radius 2 is 1.85 bits per heavy atom. The first kappa shape index (κ1) is 17.3. The molecule has 3 rings (SSSR count). The van der Waals surface area contributed by atoms with Crippen LogP contribution in [0.1, 0.15) is 27.6 Å². The van der Waals surface area contributed by atoms with Crippen molar-refractivity contribution < 1.29 is 19.1 Å². The predicted octanol–water partition coefficient (Wildman–Crippen LogP) is 2.10.